The van der Waals surface area contributed by atoms with Crippen LogP contribution in [0.25, 0.3) is 0 Å². The molecule has 0 N–H and O–H groups in total. The van der Waals surface area contributed by atoms with Gasteiger partial charge in [0, 0.05) is 31.7 Å². The number of halogens is 2. The van der Waals surface area contributed by atoms with Crippen molar-refractivity contribution in [3.63, 3.8) is 0 Å². The molecule has 1 aromatic carbocycles. The number of ketones is 1. The van der Waals surface area contributed by atoms with Crippen LogP contribution in [0.5, 0.6) is 0 Å². The number of benzene rings is 1. The summed E-state index contributed by atoms with van der Waals surface area (Å²) >= 11 is 0. The Morgan fingerprint density at radius 2 is 2.10 bits per heavy atom. The molecule has 2 heterocycles. The van der Waals surface area contributed by atoms with Gasteiger partial charge in [-0.15, -0.1) is 0 Å². The summed E-state index contributed by atoms with van der Waals surface area (Å²) < 4.78 is 26.7. The summed E-state index contributed by atoms with van der Waals surface area (Å²) in [5, 5.41) is 0. The molecule has 0 spiro atoms. The van der Waals surface area contributed by atoms with Gasteiger partial charge in [0.2, 0.25) is 0 Å². The second kappa shape index (κ2) is 5.81. The number of piperazine rings is 1. The normalized spacial score (nSPS) is 24.8. The van der Waals surface area contributed by atoms with E-state index in [4.69, 9.17) is 0 Å². The van der Waals surface area contributed by atoms with E-state index >= 15 is 0 Å². The van der Waals surface area contributed by atoms with Crippen LogP contribution in [0, 0.1) is 11.6 Å². The zero-order chi connectivity index (χ0) is 15.0. The molecule has 0 aliphatic carbocycles. The molecule has 0 aromatic heterocycles. The van der Waals surface area contributed by atoms with Gasteiger partial charge in [0.25, 0.3) is 0 Å². The monoisotopic (exact) mass is 294 g/mol. The zero-order valence-corrected chi connectivity index (χ0v) is 12.2. The molecule has 2 aliphatic rings. The number of hydrogen-bond donors (Lipinski definition) is 0. The van der Waals surface area contributed by atoms with Crippen molar-refractivity contribution in [2.45, 2.75) is 31.8 Å². The third-order valence-electron chi connectivity index (χ3n) is 4.74. The summed E-state index contributed by atoms with van der Waals surface area (Å²) in [6.07, 6.45) is 2.38. The summed E-state index contributed by atoms with van der Waals surface area (Å²) in [4.78, 5) is 17.0. The van der Waals surface area contributed by atoms with Gasteiger partial charge in [-0.05, 0) is 38.4 Å². The first-order valence-electron chi connectivity index (χ1n) is 7.53. The lowest BCUT2D eigenvalue weighted by atomic mass is 10.0. The molecule has 0 amide bonds. The summed E-state index contributed by atoms with van der Waals surface area (Å²) in [5.74, 6) is -1.69. The average molecular weight is 294 g/mol. The number of carbonyl (C=O) groups excluding carboxylic acids is 1. The van der Waals surface area contributed by atoms with Crippen LogP contribution in [0.2, 0.25) is 0 Å². The molecule has 2 atom stereocenters. The third kappa shape index (κ3) is 2.85. The lowest BCUT2D eigenvalue weighted by Gasteiger charge is -2.40. The maximum atomic E-state index is 13.8. The number of Topliss-reactive ketones (excluding diaryl/α,β-unsaturated/α-hetero) is 1. The van der Waals surface area contributed by atoms with Crippen LogP contribution in [0.4, 0.5) is 8.78 Å². The highest BCUT2D eigenvalue weighted by molar-refractivity contribution is 6.00. The maximum absolute atomic E-state index is 13.8. The van der Waals surface area contributed by atoms with Crippen LogP contribution in [0.1, 0.15) is 30.1 Å². The highest BCUT2D eigenvalue weighted by atomic mass is 19.1. The smallest absolute Gasteiger partial charge is 0.182 e. The first kappa shape index (κ1) is 14.6. The molecular formula is C16H20F2N2O. The van der Waals surface area contributed by atoms with E-state index in [2.05, 4.69) is 9.80 Å². The van der Waals surface area contributed by atoms with E-state index in [-0.39, 0.29) is 17.4 Å². The Labute approximate surface area is 123 Å². The Hall–Kier alpha value is -1.33. The Balaban J connectivity index is 1.72. The topological polar surface area (TPSA) is 23.6 Å². The average Bonchev–Trinajstić information content (AvgIpc) is 2.93. The van der Waals surface area contributed by atoms with E-state index in [1.54, 1.807) is 0 Å². The minimum Gasteiger partial charge on any atom is -0.298 e. The fourth-order valence-corrected chi connectivity index (χ4v) is 3.45. The number of nitrogens with zero attached hydrogens (tertiary/aromatic N) is 2. The van der Waals surface area contributed by atoms with Crippen LogP contribution in [-0.4, -0.2) is 53.8 Å². The fourth-order valence-electron chi connectivity index (χ4n) is 3.45. The largest absolute Gasteiger partial charge is 0.298 e. The lowest BCUT2D eigenvalue weighted by molar-refractivity contribution is 0.0599. The van der Waals surface area contributed by atoms with Gasteiger partial charge in [0.05, 0.1) is 11.6 Å². The molecule has 114 valence electrons. The second-order valence-electron chi connectivity index (χ2n) is 5.99. The van der Waals surface area contributed by atoms with Gasteiger partial charge in [-0.1, -0.05) is 0 Å². The lowest BCUT2D eigenvalue weighted by Crippen LogP contribution is -2.54. The Bertz CT molecular complexity index is 549. The molecule has 5 heteroatoms. The molecule has 0 saturated carbocycles. The Morgan fingerprint density at radius 3 is 2.86 bits per heavy atom. The van der Waals surface area contributed by atoms with Gasteiger partial charge < -0.3 is 0 Å². The van der Waals surface area contributed by atoms with E-state index in [9.17, 15) is 13.6 Å². The standard InChI is InChI=1S/C16H20F2N2O/c1-11(16(21)14-5-4-12(17)9-15(14)18)20-8-7-19-6-2-3-13(19)10-20/h4-5,9,11,13H,2-3,6-8,10H2,1H3. The minimum atomic E-state index is -0.772. The van der Waals surface area contributed by atoms with Crippen LogP contribution < -0.4 is 0 Å². The first-order chi connectivity index (χ1) is 10.1. The van der Waals surface area contributed by atoms with Crippen LogP contribution in [0.15, 0.2) is 18.2 Å². The molecular weight excluding hydrogens is 274 g/mol. The SMILES string of the molecule is CC(C(=O)c1ccc(F)cc1F)N1CCN2CCCC2C1. The highest BCUT2D eigenvalue weighted by Gasteiger charge is 2.34. The predicted molar refractivity (Wildman–Crippen MR) is 76.3 cm³/mol. The Kier molecular flexibility index (Phi) is 4.04. The van der Waals surface area contributed by atoms with E-state index in [1.807, 2.05) is 6.92 Å². The van der Waals surface area contributed by atoms with Gasteiger partial charge in [-0.2, -0.15) is 0 Å². The molecule has 0 radical (unpaired) electrons. The number of carbonyl (C=O) groups is 1. The van der Waals surface area contributed by atoms with Crippen LogP contribution >= 0.6 is 0 Å². The summed E-state index contributed by atoms with van der Waals surface area (Å²) in [6.45, 7) is 5.61. The molecule has 21 heavy (non-hydrogen) atoms. The second-order valence-corrected chi connectivity index (χ2v) is 5.99. The van der Waals surface area contributed by atoms with Crippen molar-refractivity contribution in [1.29, 1.82) is 0 Å². The van der Waals surface area contributed by atoms with E-state index in [0.29, 0.717) is 6.04 Å². The molecule has 3 nitrogen and oxygen atoms in total. The van der Waals surface area contributed by atoms with Crippen molar-refractivity contribution >= 4 is 5.78 Å². The minimum absolute atomic E-state index is 0.0160. The van der Waals surface area contributed by atoms with Crippen LogP contribution in [0.3, 0.4) is 0 Å². The number of fused-ring (bicyclic) bond motifs is 1. The number of rotatable bonds is 3. The molecule has 1 aromatic rings. The zero-order valence-electron chi connectivity index (χ0n) is 12.2. The third-order valence-corrected chi connectivity index (χ3v) is 4.74. The van der Waals surface area contributed by atoms with E-state index < -0.39 is 11.6 Å². The first-order valence-corrected chi connectivity index (χ1v) is 7.53. The van der Waals surface area contributed by atoms with Crippen molar-refractivity contribution in [3.8, 4) is 0 Å². The molecule has 3 rings (SSSR count). The summed E-state index contributed by atoms with van der Waals surface area (Å²) in [5.41, 5.74) is -0.0160. The maximum Gasteiger partial charge on any atom is 0.182 e. The highest BCUT2D eigenvalue weighted by Crippen LogP contribution is 2.24. The van der Waals surface area contributed by atoms with E-state index in [0.717, 1.165) is 38.3 Å². The van der Waals surface area contributed by atoms with Crippen molar-refractivity contribution < 1.29 is 13.6 Å². The quantitative estimate of drug-likeness (QED) is 0.799. The van der Waals surface area contributed by atoms with Crippen molar-refractivity contribution in [3.05, 3.63) is 35.4 Å². The van der Waals surface area contributed by atoms with Crippen molar-refractivity contribution in [2.24, 2.45) is 0 Å². The summed E-state index contributed by atoms with van der Waals surface area (Å²) in [6, 6.07) is 3.31. The van der Waals surface area contributed by atoms with Crippen molar-refractivity contribution in [2.75, 3.05) is 26.2 Å². The van der Waals surface area contributed by atoms with Gasteiger partial charge >= 0.3 is 0 Å². The summed E-state index contributed by atoms with van der Waals surface area (Å²) in [7, 11) is 0. The molecule has 0 bridgehead atoms. The van der Waals surface area contributed by atoms with Gasteiger partial charge in [-0.3, -0.25) is 14.6 Å². The predicted octanol–water partition coefficient (Wildman–Crippen LogP) is 2.32. The fraction of sp³-hybridized carbons (Fsp3) is 0.562. The van der Waals surface area contributed by atoms with Crippen molar-refractivity contribution in [1.82, 2.24) is 9.80 Å². The molecule has 2 unspecified atom stereocenters. The molecule has 2 saturated heterocycles. The van der Waals surface area contributed by atoms with Gasteiger partial charge in [-0.25, -0.2) is 8.78 Å². The molecule has 2 aliphatic heterocycles. The Morgan fingerprint density at radius 1 is 1.29 bits per heavy atom. The van der Waals surface area contributed by atoms with Gasteiger partial charge in [0.1, 0.15) is 11.6 Å². The van der Waals surface area contributed by atoms with Crippen LogP contribution in [-0.2, 0) is 0 Å². The number of hydrogen-bond acceptors (Lipinski definition) is 3. The van der Waals surface area contributed by atoms with E-state index in [1.165, 1.54) is 18.9 Å². The molecule has 2 fully saturated rings. The van der Waals surface area contributed by atoms with Gasteiger partial charge in [0.15, 0.2) is 5.78 Å².